The highest BCUT2D eigenvalue weighted by Crippen LogP contribution is 2.19. The number of carbonyl (C=O) groups excluding carboxylic acids is 1. The first-order valence-electron chi connectivity index (χ1n) is 6.55. The zero-order valence-corrected chi connectivity index (χ0v) is 11.4. The maximum absolute atomic E-state index is 11.5. The van der Waals surface area contributed by atoms with E-state index in [2.05, 4.69) is 4.90 Å². The molecule has 100 valence electrons. The largest absolute Gasteiger partial charge is 0.385 e. The Hall–Kier alpha value is -0.610. The molecule has 1 amide bonds. The van der Waals surface area contributed by atoms with Gasteiger partial charge in [0.1, 0.15) is 0 Å². The van der Waals surface area contributed by atoms with E-state index < -0.39 is 0 Å². The van der Waals surface area contributed by atoms with Crippen molar-refractivity contribution < 1.29 is 9.53 Å². The molecule has 0 aromatic heterocycles. The number of nitrogens with zero attached hydrogens (tertiary/aromatic N) is 2. The smallest absolute Gasteiger partial charge is 0.223 e. The average molecular weight is 242 g/mol. The lowest BCUT2D eigenvalue weighted by atomic mass is 9.95. The predicted molar refractivity (Wildman–Crippen MR) is 69.0 cm³/mol. The van der Waals surface area contributed by atoms with Crippen molar-refractivity contribution in [1.29, 1.82) is 0 Å². The van der Waals surface area contributed by atoms with E-state index in [0.717, 1.165) is 38.6 Å². The summed E-state index contributed by atoms with van der Waals surface area (Å²) in [5.74, 6) is 0.974. The van der Waals surface area contributed by atoms with Gasteiger partial charge in [0.15, 0.2) is 0 Å². The third kappa shape index (κ3) is 5.50. The molecule has 0 radical (unpaired) electrons. The van der Waals surface area contributed by atoms with E-state index in [-0.39, 0.29) is 5.91 Å². The van der Waals surface area contributed by atoms with Gasteiger partial charge in [-0.2, -0.15) is 0 Å². The van der Waals surface area contributed by atoms with Crippen molar-refractivity contribution in [2.75, 3.05) is 47.4 Å². The van der Waals surface area contributed by atoms with E-state index in [1.54, 1.807) is 12.0 Å². The molecule has 1 unspecified atom stereocenters. The monoisotopic (exact) mass is 242 g/mol. The molecule has 4 heteroatoms. The molecule has 0 aliphatic carbocycles. The van der Waals surface area contributed by atoms with Crippen LogP contribution in [0.15, 0.2) is 0 Å². The van der Waals surface area contributed by atoms with Gasteiger partial charge in [-0.1, -0.05) is 0 Å². The molecule has 1 aliphatic rings. The Morgan fingerprint density at radius 1 is 1.47 bits per heavy atom. The molecular weight excluding hydrogens is 216 g/mol. The van der Waals surface area contributed by atoms with E-state index in [0.29, 0.717) is 6.42 Å². The number of hydrogen-bond acceptors (Lipinski definition) is 3. The molecule has 0 aromatic carbocycles. The van der Waals surface area contributed by atoms with Crippen LogP contribution in [0.4, 0.5) is 0 Å². The van der Waals surface area contributed by atoms with Crippen LogP contribution in [0.3, 0.4) is 0 Å². The van der Waals surface area contributed by atoms with Crippen molar-refractivity contribution in [2.24, 2.45) is 5.92 Å². The summed E-state index contributed by atoms with van der Waals surface area (Å²) in [6.07, 6.45) is 4.35. The van der Waals surface area contributed by atoms with Crippen molar-refractivity contribution in [2.45, 2.75) is 25.7 Å². The van der Waals surface area contributed by atoms with Crippen molar-refractivity contribution in [3.63, 3.8) is 0 Å². The van der Waals surface area contributed by atoms with Crippen LogP contribution in [0.5, 0.6) is 0 Å². The number of hydrogen-bond donors (Lipinski definition) is 0. The third-order valence-corrected chi connectivity index (χ3v) is 3.47. The van der Waals surface area contributed by atoms with Gasteiger partial charge in [-0.25, -0.2) is 0 Å². The van der Waals surface area contributed by atoms with Crippen LogP contribution in [-0.2, 0) is 9.53 Å². The van der Waals surface area contributed by atoms with E-state index in [9.17, 15) is 4.79 Å². The van der Waals surface area contributed by atoms with Crippen molar-refractivity contribution >= 4 is 5.91 Å². The Morgan fingerprint density at radius 3 is 2.88 bits per heavy atom. The Morgan fingerprint density at radius 2 is 2.24 bits per heavy atom. The van der Waals surface area contributed by atoms with Crippen molar-refractivity contribution in [3.8, 4) is 0 Å². The molecule has 1 rings (SSSR count). The van der Waals surface area contributed by atoms with Crippen LogP contribution in [0.1, 0.15) is 25.7 Å². The highest BCUT2D eigenvalue weighted by molar-refractivity contribution is 5.75. The number of piperidine rings is 1. The first-order valence-corrected chi connectivity index (χ1v) is 6.55. The summed E-state index contributed by atoms with van der Waals surface area (Å²) in [5.41, 5.74) is 0. The fourth-order valence-corrected chi connectivity index (χ4v) is 2.35. The fourth-order valence-electron chi connectivity index (χ4n) is 2.35. The molecule has 0 aromatic rings. The highest BCUT2D eigenvalue weighted by Gasteiger charge is 2.20. The van der Waals surface area contributed by atoms with Gasteiger partial charge in [-0.3, -0.25) is 4.79 Å². The molecule has 1 fully saturated rings. The van der Waals surface area contributed by atoms with E-state index in [1.807, 2.05) is 14.1 Å². The van der Waals surface area contributed by atoms with E-state index in [1.165, 1.54) is 12.8 Å². The van der Waals surface area contributed by atoms with Gasteiger partial charge >= 0.3 is 0 Å². The topological polar surface area (TPSA) is 32.8 Å². The van der Waals surface area contributed by atoms with Gasteiger partial charge in [0.25, 0.3) is 0 Å². The van der Waals surface area contributed by atoms with Crippen LogP contribution in [-0.4, -0.2) is 63.2 Å². The van der Waals surface area contributed by atoms with Gasteiger partial charge in [-0.05, 0) is 31.7 Å². The molecule has 1 aliphatic heterocycles. The Labute approximate surface area is 105 Å². The molecule has 0 N–H and O–H groups in total. The summed E-state index contributed by atoms with van der Waals surface area (Å²) in [4.78, 5) is 15.6. The summed E-state index contributed by atoms with van der Waals surface area (Å²) >= 11 is 0. The van der Waals surface area contributed by atoms with Gasteiger partial charge in [0.05, 0.1) is 0 Å². The average Bonchev–Trinajstić information content (AvgIpc) is 2.33. The van der Waals surface area contributed by atoms with Crippen LogP contribution in [0.2, 0.25) is 0 Å². The predicted octanol–water partition coefficient (Wildman–Crippen LogP) is 1.21. The van der Waals surface area contributed by atoms with Crippen LogP contribution in [0, 0.1) is 5.92 Å². The number of ether oxygens (including phenoxy) is 1. The normalized spacial score (nSPS) is 21.5. The van der Waals surface area contributed by atoms with Gasteiger partial charge in [0, 0.05) is 47.3 Å². The molecule has 4 nitrogen and oxygen atoms in total. The number of likely N-dealkylation sites (tertiary alicyclic amines) is 1. The summed E-state index contributed by atoms with van der Waals surface area (Å²) in [6.45, 7) is 4.03. The quantitative estimate of drug-likeness (QED) is 0.702. The van der Waals surface area contributed by atoms with Crippen molar-refractivity contribution in [1.82, 2.24) is 9.80 Å². The zero-order valence-electron chi connectivity index (χ0n) is 11.4. The lowest BCUT2D eigenvalue weighted by molar-refractivity contribution is -0.129. The van der Waals surface area contributed by atoms with Gasteiger partial charge < -0.3 is 14.5 Å². The number of methoxy groups -OCH3 is 1. The number of rotatable bonds is 6. The SMILES string of the molecule is COCCC1CCCN(CCC(=O)N(C)C)C1. The van der Waals surface area contributed by atoms with Crippen LogP contribution in [0.25, 0.3) is 0 Å². The van der Waals surface area contributed by atoms with Crippen molar-refractivity contribution in [3.05, 3.63) is 0 Å². The standard InChI is InChI=1S/C13H26N2O2/c1-14(2)13(16)6-9-15-8-4-5-12(11-15)7-10-17-3/h12H,4-11H2,1-3H3. The van der Waals surface area contributed by atoms with E-state index in [4.69, 9.17) is 4.74 Å². The van der Waals surface area contributed by atoms with E-state index >= 15 is 0 Å². The molecule has 1 saturated heterocycles. The first kappa shape index (κ1) is 14.5. The summed E-state index contributed by atoms with van der Waals surface area (Å²) in [7, 11) is 5.40. The molecule has 1 heterocycles. The second-order valence-electron chi connectivity index (χ2n) is 5.13. The summed E-state index contributed by atoms with van der Waals surface area (Å²) in [5, 5.41) is 0. The van der Waals surface area contributed by atoms with Crippen LogP contribution < -0.4 is 0 Å². The second kappa shape index (κ2) is 7.67. The first-order chi connectivity index (χ1) is 8.13. The molecule has 17 heavy (non-hydrogen) atoms. The van der Waals surface area contributed by atoms with Gasteiger partial charge in [0.2, 0.25) is 5.91 Å². The highest BCUT2D eigenvalue weighted by atomic mass is 16.5. The summed E-state index contributed by atoms with van der Waals surface area (Å²) < 4.78 is 5.13. The number of carbonyl (C=O) groups is 1. The maximum atomic E-state index is 11.5. The maximum Gasteiger partial charge on any atom is 0.223 e. The minimum atomic E-state index is 0.226. The molecule has 0 spiro atoms. The minimum Gasteiger partial charge on any atom is -0.385 e. The summed E-state index contributed by atoms with van der Waals surface area (Å²) in [6, 6.07) is 0. The molecule has 1 atom stereocenters. The lowest BCUT2D eigenvalue weighted by Crippen LogP contribution is -2.38. The molecular formula is C13H26N2O2. The third-order valence-electron chi connectivity index (χ3n) is 3.47. The molecule has 0 bridgehead atoms. The second-order valence-corrected chi connectivity index (χ2v) is 5.13. The zero-order chi connectivity index (χ0) is 12.7. The van der Waals surface area contributed by atoms with Crippen LogP contribution >= 0.6 is 0 Å². The minimum absolute atomic E-state index is 0.226. The Bertz CT molecular complexity index is 231. The van der Waals surface area contributed by atoms with Gasteiger partial charge in [-0.15, -0.1) is 0 Å². The lowest BCUT2D eigenvalue weighted by Gasteiger charge is -2.32. The fraction of sp³-hybridized carbons (Fsp3) is 0.923. The molecule has 0 saturated carbocycles. The Kier molecular flexibility index (Phi) is 6.52. The number of amides is 1. The Balaban J connectivity index is 2.22.